The molecule has 1 fully saturated rings. The van der Waals surface area contributed by atoms with E-state index in [0.29, 0.717) is 22.5 Å². The first-order valence-corrected chi connectivity index (χ1v) is 10.9. The van der Waals surface area contributed by atoms with E-state index in [0.717, 1.165) is 36.9 Å². The largest absolute Gasteiger partial charge is 0.478 e. The molecule has 8 heteroatoms. The highest BCUT2D eigenvalue weighted by atomic mass is 16.4. The molecule has 1 aliphatic rings. The van der Waals surface area contributed by atoms with E-state index in [-0.39, 0.29) is 18.7 Å². The van der Waals surface area contributed by atoms with E-state index in [1.54, 1.807) is 34.9 Å². The van der Waals surface area contributed by atoms with Gasteiger partial charge in [0.1, 0.15) is 5.82 Å². The molecule has 2 aromatic carbocycles. The zero-order valence-corrected chi connectivity index (χ0v) is 18.1. The Morgan fingerprint density at radius 3 is 2.42 bits per heavy atom. The first-order chi connectivity index (χ1) is 16.0. The molecule has 2 heterocycles. The Labute approximate surface area is 190 Å². The standard InChI is InChI=1S/C25H24N4O4/c26-15-20-8-2-3-9-21(20)17-28-22(27-11-4-1-5-12-27)14-23(30)29(25(28)33)16-18-7-6-10-19(13-18)24(31)32/h2-3,6-10,13-14H,1,4-5,11-12,16-17H2,(H,31,32). The Balaban J connectivity index is 1.82. The maximum absolute atomic E-state index is 13.6. The van der Waals surface area contributed by atoms with Crippen molar-refractivity contribution in [1.29, 1.82) is 5.26 Å². The molecular weight excluding hydrogens is 420 g/mol. The van der Waals surface area contributed by atoms with Crippen molar-refractivity contribution < 1.29 is 9.90 Å². The smallest absolute Gasteiger partial charge is 0.335 e. The van der Waals surface area contributed by atoms with Crippen molar-refractivity contribution in [3.8, 4) is 6.07 Å². The summed E-state index contributed by atoms with van der Waals surface area (Å²) in [5, 5.41) is 18.8. The quantitative estimate of drug-likeness (QED) is 0.626. The highest BCUT2D eigenvalue weighted by molar-refractivity contribution is 5.87. The summed E-state index contributed by atoms with van der Waals surface area (Å²) in [6.45, 7) is 1.62. The Morgan fingerprint density at radius 1 is 0.939 bits per heavy atom. The van der Waals surface area contributed by atoms with Crippen molar-refractivity contribution in [1.82, 2.24) is 9.13 Å². The zero-order valence-electron chi connectivity index (χ0n) is 18.1. The highest BCUT2D eigenvalue weighted by Crippen LogP contribution is 2.19. The average molecular weight is 444 g/mol. The van der Waals surface area contributed by atoms with Crippen LogP contribution in [0.25, 0.3) is 0 Å². The van der Waals surface area contributed by atoms with Gasteiger partial charge in [-0.3, -0.25) is 13.9 Å². The van der Waals surface area contributed by atoms with Gasteiger partial charge in [-0.2, -0.15) is 5.26 Å². The molecule has 0 unspecified atom stereocenters. The lowest BCUT2D eigenvalue weighted by Gasteiger charge is -2.31. The fraction of sp³-hybridized carbons (Fsp3) is 0.280. The summed E-state index contributed by atoms with van der Waals surface area (Å²) in [5.74, 6) is -0.525. The molecule has 1 N–H and O–H groups in total. The third-order valence-electron chi connectivity index (χ3n) is 5.92. The number of rotatable bonds is 6. The zero-order chi connectivity index (χ0) is 23.4. The lowest BCUT2D eigenvalue weighted by molar-refractivity contribution is 0.0696. The van der Waals surface area contributed by atoms with Crippen LogP contribution in [0.1, 0.15) is 46.3 Å². The van der Waals surface area contributed by atoms with Crippen LogP contribution in [-0.2, 0) is 13.1 Å². The van der Waals surface area contributed by atoms with Crippen molar-refractivity contribution in [3.63, 3.8) is 0 Å². The van der Waals surface area contributed by atoms with Gasteiger partial charge in [0.25, 0.3) is 5.56 Å². The number of nitrogens with zero attached hydrogens (tertiary/aromatic N) is 4. The molecule has 8 nitrogen and oxygen atoms in total. The van der Waals surface area contributed by atoms with E-state index >= 15 is 0 Å². The number of hydrogen-bond acceptors (Lipinski definition) is 5. The summed E-state index contributed by atoms with van der Waals surface area (Å²) in [6.07, 6.45) is 3.07. The Bertz CT molecular complexity index is 1340. The minimum Gasteiger partial charge on any atom is -0.478 e. The highest BCUT2D eigenvalue weighted by Gasteiger charge is 2.20. The number of carbonyl (C=O) groups is 1. The van der Waals surface area contributed by atoms with E-state index in [4.69, 9.17) is 0 Å². The fourth-order valence-electron chi connectivity index (χ4n) is 4.21. The van der Waals surface area contributed by atoms with Gasteiger partial charge in [0.2, 0.25) is 0 Å². The molecule has 3 aromatic rings. The van der Waals surface area contributed by atoms with Gasteiger partial charge < -0.3 is 10.0 Å². The van der Waals surface area contributed by atoms with Crippen molar-refractivity contribution in [2.45, 2.75) is 32.4 Å². The van der Waals surface area contributed by atoms with Crippen LogP contribution in [0.15, 0.2) is 64.2 Å². The van der Waals surface area contributed by atoms with Crippen molar-refractivity contribution >= 4 is 11.8 Å². The number of benzene rings is 2. The molecule has 33 heavy (non-hydrogen) atoms. The van der Waals surface area contributed by atoms with Crippen LogP contribution in [0.2, 0.25) is 0 Å². The van der Waals surface area contributed by atoms with Crippen molar-refractivity contribution in [2.24, 2.45) is 0 Å². The Morgan fingerprint density at radius 2 is 1.70 bits per heavy atom. The average Bonchev–Trinajstić information content (AvgIpc) is 2.84. The van der Waals surface area contributed by atoms with Gasteiger partial charge in [-0.25, -0.2) is 9.59 Å². The molecular formula is C25H24N4O4. The summed E-state index contributed by atoms with van der Waals surface area (Å²) in [4.78, 5) is 40.0. The van der Waals surface area contributed by atoms with Crippen LogP contribution < -0.4 is 16.1 Å². The van der Waals surface area contributed by atoms with Crippen LogP contribution in [0.3, 0.4) is 0 Å². The fourth-order valence-corrected chi connectivity index (χ4v) is 4.21. The summed E-state index contributed by atoms with van der Waals surface area (Å²) < 4.78 is 2.66. The number of aromatic carboxylic acids is 1. The minimum atomic E-state index is -1.07. The number of aromatic nitrogens is 2. The molecule has 1 aromatic heterocycles. The minimum absolute atomic E-state index is 0.0427. The second-order valence-electron chi connectivity index (χ2n) is 8.12. The van der Waals surface area contributed by atoms with Crippen LogP contribution in [0.4, 0.5) is 5.82 Å². The molecule has 0 aliphatic carbocycles. The second-order valence-corrected chi connectivity index (χ2v) is 8.12. The van der Waals surface area contributed by atoms with E-state index in [1.807, 2.05) is 6.07 Å². The van der Waals surface area contributed by atoms with Gasteiger partial charge in [0, 0.05) is 19.2 Å². The van der Waals surface area contributed by atoms with E-state index in [1.165, 1.54) is 18.2 Å². The van der Waals surface area contributed by atoms with Crippen molar-refractivity contribution in [3.05, 3.63) is 97.7 Å². The maximum atomic E-state index is 13.6. The maximum Gasteiger partial charge on any atom is 0.335 e. The number of piperidine rings is 1. The number of hydrogen-bond donors (Lipinski definition) is 1. The molecule has 4 rings (SSSR count). The lowest BCUT2D eigenvalue weighted by atomic mass is 10.1. The number of nitriles is 1. The second kappa shape index (κ2) is 9.57. The first-order valence-electron chi connectivity index (χ1n) is 10.9. The molecule has 0 bridgehead atoms. The van der Waals surface area contributed by atoms with E-state index in [9.17, 15) is 24.8 Å². The lowest BCUT2D eigenvalue weighted by Crippen LogP contribution is -2.44. The number of carboxylic acids is 1. The summed E-state index contributed by atoms with van der Waals surface area (Å²) >= 11 is 0. The van der Waals surface area contributed by atoms with Gasteiger partial charge in [-0.15, -0.1) is 0 Å². The van der Waals surface area contributed by atoms with Gasteiger partial charge in [-0.1, -0.05) is 30.3 Å². The number of anilines is 1. The third kappa shape index (κ3) is 4.72. The Kier molecular flexibility index (Phi) is 6.41. The predicted molar refractivity (Wildman–Crippen MR) is 124 cm³/mol. The SMILES string of the molecule is N#Cc1ccccc1Cn1c(N2CCCCC2)cc(=O)n(Cc2cccc(C(=O)O)c2)c1=O. The summed E-state index contributed by atoms with van der Waals surface area (Å²) in [6, 6.07) is 16.9. The Hall–Kier alpha value is -4.12. The molecule has 0 radical (unpaired) electrons. The van der Waals surface area contributed by atoms with Crippen LogP contribution in [0, 0.1) is 11.3 Å². The molecule has 1 aliphatic heterocycles. The van der Waals surface area contributed by atoms with Gasteiger partial charge in [0.15, 0.2) is 0 Å². The third-order valence-corrected chi connectivity index (χ3v) is 5.92. The van der Waals surface area contributed by atoms with Crippen LogP contribution in [-0.4, -0.2) is 33.3 Å². The summed E-state index contributed by atoms with van der Waals surface area (Å²) in [7, 11) is 0. The first kappa shape index (κ1) is 22.1. The summed E-state index contributed by atoms with van der Waals surface area (Å²) in [5.41, 5.74) is 0.875. The molecule has 0 saturated carbocycles. The molecule has 0 atom stereocenters. The van der Waals surface area contributed by atoms with Crippen LogP contribution >= 0.6 is 0 Å². The molecule has 1 saturated heterocycles. The van der Waals surface area contributed by atoms with Gasteiger partial charge in [-0.05, 0) is 48.6 Å². The van der Waals surface area contributed by atoms with E-state index < -0.39 is 17.2 Å². The molecule has 0 spiro atoms. The molecule has 168 valence electrons. The topological polar surface area (TPSA) is 108 Å². The normalized spacial score (nSPS) is 13.5. The van der Waals surface area contributed by atoms with Gasteiger partial charge >= 0.3 is 11.7 Å². The molecule has 0 amide bonds. The monoisotopic (exact) mass is 444 g/mol. The van der Waals surface area contributed by atoms with E-state index in [2.05, 4.69) is 11.0 Å². The van der Waals surface area contributed by atoms with Crippen LogP contribution in [0.5, 0.6) is 0 Å². The number of carboxylic acid groups (broad SMARTS) is 1. The van der Waals surface area contributed by atoms with Crippen molar-refractivity contribution in [2.75, 3.05) is 18.0 Å². The van der Waals surface area contributed by atoms with Gasteiger partial charge in [0.05, 0.1) is 30.3 Å². The predicted octanol–water partition coefficient (Wildman–Crippen LogP) is 2.67.